The van der Waals surface area contributed by atoms with E-state index in [0.29, 0.717) is 10.8 Å². The van der Waals surface area contributed by atoms with Crippen molar-refractivity contribution >= 4 is 0 Å². The quantitative estimate of drug-likeness (QED) is 0.479. The van der Waals surface area contributed by atoms with E-state index in [1.807, 2.05) is 0 Å². The van der Waals surface area contributed by atoms with Gasteiger partial charge >= 0.3 is 0 Å². The van der Waals surface area contributed by atoms with Crippen LogP contribution in [0.1, 0.15) is 41.5 Å². The largest absolute Gasteiger partial charge is 0.0704 e. The van der Waals surface area contributed by atoms with Crippen LogP contribution < -0.4 is 0 Å². The smallest absolute Gasteiger partial charge is 0.00229 e. The van der Waals surface area contributed by atoms with Gasteiger partial charge in [-0.1, -0.05) is 38.8 Å². The molecule has 0 bridgehead atoms. The molecular formula is C12H20. The predicted octanol–water partition coefficient (Wildman–Crippen LogP) is 3.63. The third-order valence-corrected chi connectivity index (χ3v) is 5.72. The van der Waals surface area contributed by atoms with Gasteiger partial charge in [-0.3, -0.25) is 0 Å². The van der Waals surface area contributed by atoms with Crippen LogP contribution in [0.15, 0.2) is 11.1 Å². The van der Waals surface area contributed by atoms with Crippen molar-refractivity contribution in [1.82, 2.24) is 0 Å². The van der Waals surface area contributed by atoms with Gasteiger partial charge in [0.05, 0.1) is 0 Å². The van der Waals surface area contributed by atoms with Crippen LogP contribution in [0.4, 0.5) is 0 Å². The summed E-state index contributed by atoms with van der Waals surface area (Å²) in [6.07, 6.45) is 0. The molecule has 2 aliphatic rings. The lowest BCUT2D eigenvalue weighted by molar-refractivity contribution is 0.364. The lowest BCUT2D eigenvalue weighted by Gasteiger charge is -2.17. The molecule has 2 rings (SSSR count). The first-order chi connectivity index (χ1) is 5.38. The Kier molecular flexibility index (Phi) is 1.26. The number of allylic oxidation sites excluding steroid dienone is 2. The van der Waals surface area contributed by atoms with Crippen LogP contribution in [0.3, 0.4) is 0 Å². The molecule has 0 aromatic heterocycles. The second kappa shape index (κ2) is 1.81. The van der Waals surface area contributed by atoms with E-state index < -0.39 is 0 Å². The Morgan fingerprint density at radius 3 is 1.83 bits per heavy atom. The maximum atomic E-state index is 2.46. The third kappa shape index (κ3) is 0.496. The summed E-state index contributed by atoms with van der Waals surface area (Å²) in [6, 6.07) is 0. The van der Waals surface area contributed by atoms with Gasteiger partial charge in [0, 0.05) is 0 Å². The minimum absolute atomic E-state index is 0.538. The van der Waals surface area contributed by atoms with Crippen molar-refractivity contribution in [2.45, 2.75) is 41.5 Å². The summed E-state index contributed by atoms with van der Waals surface area (Å²) >= 11 is 0. The molecule has 68 valence electrons. The van der Waals surface area contributed by atoms with Crippen molar-refractivity contribution in [1.29, 1.82) is 0 Å². The van der Waals surface area contributed by atoms with Crippen molar-refractivity contribution in [3.8, 4) is 0 Å². The van der Waals surface area contributed by atoms with Gasteiger partial charge in [0.2, 0.25) is 0 Å². The van der Waals surface area contributed by atoms with Crippen LogP contribution in [0.2, 0.25) is 0 Å². The number of hydrogen-bond acceptors (Lipinski definition) is 0. The minimum Gasteiger partial charge on any atom is -0.0704 e. The molecule has 12 heavy (non-hydrogen) atoms. The van der Waals surface area contributed by atoms with E-state index in [2.05, 4.69) is 41.5 Å². The molecule has 4 atom stereocenters. The summed E-state index contributed by atoms with van der Waals surface area (Å²) in [5.74, 6) is 1.70. The first-order valence-electron chi connectivity index (χ1n) is 5.06. The molecule has 0 radical (unpaired) electrons. The molecule has 0 saturated heterocycles. The molecule has 1 fully saturated rings. The number of rotatable bonds is 0. The van der Waals surface area contributed by atoms with E-state index in [0.717, 1.165) is 11.8 Å². The van der Waals surface area contributed by atoms with E-state index in [1.54, 1.807) is 11.1 Å². The van der Waals surface area contributed by atoms with Crippen LogP contribution in [0.5, 0.6) is 0 Å². The lowest BCUT2D eigenvalue weighted by atomic mass is 9.87. The molecule has 0 heterocycles. The minimum atomic E-state index is 0.538. The van der Waals surface area contributed by atoms with Crippen molar-refractivity contribution in [3.05, 3.63) is 11.1 Å². The molecule has 0 unspecified atom stereocenters. The second-order valence-corrected chi connectivity index (χ2v) is 5.24. The van der Waals surface area contributed by atoms with Gasteiger partial charge in [0.1, 0.15) is 0 Å². The fourth-order valence-corrected chi connectivity index (χ4v) is 3.83. The molecule has 0 spiro atoms. The van der Waals surface area contributed by atoms with Crippen molar-refractivity contribution in [3.63, 3.8) is 0 Å². The first-order valence-corrected chi connectivity index (χ1v) is 5.06. The highest BCUT2D eigenvalue weighted by atomic mass is 14.8. The molecule has 0 N–H and O–H groups in total. The van der Waals surface area contributed by atoms with Gasteiger partial charge in [-0.05, 0) is 36.5 Å². The topological polar surface area (TPSA) is 0 Å². The van der Waals surface area contributed by atoms with E-state index in [4.69, 9.17) is 0 Å². The van der Waals surface area contributed by atoms with Crippen LogP contribution >= 0.6 is 0 Å². The zero-order valence-corrected chi connectivity index (χ0v) is 9.15. The summed E-state index contributed by atoms with van der Waals surface area (Å²) in [6.45, 7) is 14.4. The monoisotopic (exact) mass is 164 g/mol. The Morgan fingerprint density at radius 1 is 1.08 bits per heavy atom. The average Bonchev–Trinajstić information content (AvgIpc) is 2.45. The van der Waals surface area contributed by atoms with Crippen LogP contribution in [0.25, 0.3) is 0 Å². The highest BCUT2D eigenvalue weighted by Crippen LogP contribution is 2.80. The van der Waals surface area contributed by atoms with Gasteiger partial charge in [0.25, 0.3) is 0 Å². The summed E-state index contributed by atoms with van der Waals surface area (Å²) in [4.78, 5) is 0. The van der Waals surface area contributed by atoms with E-state index >= 15 is 0 Å². The van der Waals surface area contributed by atoms with Gasteiger partial charge in [-0.15, -0.1) is 0 Å². The number of hydrogen-bond donors (Lipinski definition) is 0. The average molecular weight is 164 g/mol. The summed E-state index contributed by atoms with van der Waals surface area (Å²) < 4.78 is 0. The maximum absolute atomic E-state index is 2.46. The van der Waals surface area contributed by atoms with Gasteiger partial charge in [0.15, 0.2) is 0 Å². The first kappa shape index (κ1) is 8.34. The number of fused-ring (bicyclic) bond motifs is 1. The molecule has 0 nitrogen and oxygen atoms in total. The Balaban J connectivity index is 2.52. The SMILES string of the molecule is CC1=C(C)[C@@]2(C)[C@@H](C)[C@]2(C)[C@@H]1C. The van der Waals surface area contributed by atoms with E-state index in [9.17, 15) is 0 Å². The van der Waals surface area contributed by atoms with Gasteiger partial charge < -0.3 is 0 Å². The normalized spacial score (nSPS) is 57.5. The van der Waals surface area contributed by atoms with E-state index in [-0.39, 0.29) is 0 Å². The molecular weight excluding hydrogens is 144 g/mol. The lowest BCUT2D eigenvalue weighted by Crippen LogP contribution is -2.10. The van der Waals surface area contributed by atoms with Gasteiger partial charge in [-0.25, -0.2) is 0 Å². The zero-order valence-electron chi connectivity index (χ0n) is 9.15. The van der Waals surface area contributed by atoms with Crippen molar-refractivity contribution in [2.24, 2.45) is 22.7 Å². The fourth-order valence-electron chi connectivity index (χ4n) is 3.83. The maximum Gasteiger partial charge on any atom is -0.00229 e. The Bertz CT molecular complexity index is 274. The Labute approximate surface area is 76.1 Å². The highest BCUT2D eigenvalue weighted by Gasteiger charge is 2.74. The van der Waals surface area contributed by atoms with Crippen LogP contribution in [-0.4, -0.2) is 0 Å². The molecule has 0 aliphatic heterocycles. The van der Waals surface area contributed by atoms with Crippen molar-refractivity contribution in [2.75, 3.05) is 0 Å². The molecule has 0 aromatic carbocycles. The van der Waals surface area contributed by atoms with Gasteiger partial charge in [-0.2, -0.15) is 0 Å². The summed E-state index contributed by atoms with van der Waals surface area (Å²) in [5.41, 5.74) is 4.44. The van der Waals surface area contributed by atoms with Crippen LogP contribution in [0, 0.1) is 22.7 Å². The third-order valence-electron chi connectivity index (χ3n) is 5.72. The molecule has 1 saturated carbocycles. The Hall–Kier alpha value is -0.260. The highest BCUT2D eigenvalue weighted by molar-refractivity contribution is 5.44. The molecule has 0 heteroatoms. The van der Waals surface area contributed by atoms with Crippen LogP contribution in [-0.2, 0) is 0 Å². The van der Waals surface area contributed by atoms with E-state index in [1.165, 1.54) is 0 Å². The molecule has 0 amide bonds. The molecule has 0 aromatic rings. The molecule has 2 aliphatic carbocycles. The second-order valence-electron chi connectivity index (χ2n) is 5.24. The summed E-state index contributed by atoms with van der Waals surface area (Å²) in [5, 5.41) is 0. The summed E-state index contributed by atoms with van der Waals surface area (Å²) in [7, 11) is 0. The Morgan fingerprint density at radius 2 is 1.58 bits per heavy atom. The predicted molar refractivity (Wildman–Crippen MR) is 52.9 cm³/mol. The van der Waals surface area contributed by atoms with Crippen molar-refractivity contribution < 1.29 is 0 Å². The fraction of sp³-hybridized carbons (Fsp3) is 0.833. The zero-order chi connectivity index (χ0) is 9.31. The standard InChI is InChI=1S/C12H20/c1-7-8(2)11(5)10(4)12(11,6)9(7)3/h8,10H,1-6H3/t8-,10+,11+,12+/m1/s1.